The van der Waals surface area contributed by atoms with E-state index in [0.717, 1.165) is 10.9 Å². The lowest BCUT2D eigenvalue weighted by molar-refractivity contribution is 0.0978. The Balaban J connectivity index is 1.52. The number of aryl methyl sites for hydroxylation is 1. The summed E-state index contributed by atoms with van der Waals surface area (Å²) in [4.78, 5) is 24.9. The molecule has 8 heteroatoms. The Kier molecular flexibility index (Phi) is 6.28. The Bertz CT molecular complexity index is 1430. The standard InChI is InChI=1S/C24H16Cl2N2O3S/c1-13-6-8-17(19(25)10-13)22(29)28-24(32)27-15-7-9-16(20(26)12-15)18-11-14-4-2-3-5-21(14)31-23(18)30/h2-12H,1H3,(H2,27,28,29,32). The number of hydrogen-bond acceptors (Lipinski definition) is 4. The van der Waals surface area contributed by atoms with Crippen molar-refractivity contribution in [2.24, 2.45) is 0 Å². The van der Waals surface area contributed by atoms with Crippen molar-refractivity contribution in [2.45, 2.75) is 6.92 Å². The number of thiocarbonyl (C=S) groups is 1. The first-order valence-corrected chi connectivity index (χ1v) is 10.7. The molecule has 0 atom stereocenters. The average molecular weight is 483 g/mol. The monoisotopic (exact) mass is 482 g/mol. The fraction of sp³-hybridized carbons (Fsp3) is 0.0417. The van der Waals surface area contributed by atoms with Gasteiger partial charge in [0.25, 0.3) is 5.91 Å². The van der Waals surface area contributed by atoms with Crippen LogP contribution in [0.2, 0.25) is 10.0 Å². The maximum atomic E-state index is 12.4. The van der Waals surface area contributed by atoms with Crippen LogP contribution in [0.25, 0.3) is 22.1 Å². The summed E-state index contributed by atoms with van der Waals surface area (Å²) >= 11 is 17.8. The lowest BCUT2D eigenvalue weighted by atomic mass is 10.1. The number of para-hydroxylation sites is 1. The van der Waals surface area contributed by atoms with Gasteiger partial charge in [-0.2, -0.15) is 0 Å². The van der Waals surface area contributed by atoms with Crippen molar-refractivity contribution >= 4 is 63.1 Å². The van der Waals surface area contributed by atoms with Crippen LogP contribution in [-0.4, -0.2) is 11.0 Å². The van der Waals surface area contributed by atoms with Gasteiger partial charge in [-0.15, -0.1) is 0 Å². The summed E-state index contributed by atoms with van der Waals surface area (Å²) in [5.41, 5.74) is 2.71. The predicted molar refractivity (Wildman–Crippen MR) is 133 cm³/mol. The molecule has 4 rings (SSSR count). The SMILES string of the molecule is Cc1ccc(C(=O)NC(=S)Nc2ccc(-c3cc4ccccc4oc3=O)c(Cl)c2)c(Cl)c1. The Hall–Kier alpha value is -3.19. The van der Waals surface area contributed by atoms with Gasteiger partial charge >= 0.3 is 5.63 Å². The molecule has 1 heterocycles. The fourth-order valence-corrected chi connectivity index (χ4v) is 4.01. The number of nitrogens with one attached hydrogen (secondary N) is 2. The van der Waals surface area contributed by atoms with E-state index in [1.165, 1.54) is 0 Å². The Morgan fingerprint density at radius 3 is 2.47 bits per heavy atom. The van der Waals surface area contributed by atoms with Crippen LogP contribution in [0.3, 0.4) is 0 Å². The lowest BCUT2D eigenvalue weighted by Crippen LogP contribution is -2.34. The topological polar surface area (TPSA) is 71.3 Å². The van der Waals surface area contributed by atoms with Crippen molar-refractivity contribution in [1.82, 2.24) is 5.32 Å². The first-order valence-electron chi connectivity index (χ1n) is 9.53. The molecule has 32 heavy (non-hydrogen) atoms. The number of halogens is 2. The third-order valence-corrected chi connectivity index (χ3v) is 5.58. The maximum absolute atomic E-state index is 12.4. The second-order valence-corrected chi connectivity index (χ2v) is 8.29. The quantitative estimate of drug-likeness (QED) is 0.268. The largest absolute Gasteiger partial charge is 0.422 e. The van der Waals surface area contributed by atoms with Gasteiger partial charge in [0.05, 0.1) is 21.2 Å². The van der Waals surface area contributed by atoms with Crippen LogP contribution in [0, 0.1) is 6.92 Å². The van der Waals surface area contributed by atoms with Crippen LogP contribution in [-0.2, 0) is 0 Å². The zero-order valence-electron chi connectivity index (χ0n) is 16.7. The molecule has 4 aromatic rings. The number of carbonyl (C=O) groups excluding carboxylic acids is 1. The molecule has 0 aliphatic rings. The van der Waals surface area contributed by atoms with Crippen molar-refractivity contribution in [3.8, 4) is 11.1 Å². The molecule has 0 radical (unpaired) electrons. The molecule has 0 fully saturated rings. The number of carbonyl (C=O) groups is 1. The molecular weight excluding hydrogens is 467 g/mol. The molecule has 3 aromatic carbocycles. The zero-order chi connectivity index (χ0) is 22.8. The Labute approximate surface area is 199 Å². The summed E-state index contributed by atoms with van der Waals surface area (Å²) in [5, 5.41) is 7.04. The molecule has 0 bridgehead atoms. The van der Waals surface area contributed by atoms with E-state index in [1.54, 1.807) is 54.6 Å². The summed E-state index contributed by atoms with van der Waals surface area (Å²) in [7, 11) is 0. The first kappa shape index (κ1) is 22.0. The second-order valence-electron chi connectivity index (χ2n) is 7.07. The highest BCUT2D eigenvalue weighted by Crippen LogP contribution is 2.30. The van der Waals surface area contributed by atoms with Crippen LogP contribution in [0.1, 0.15) is 15.9 Å². The van der Waals surface area contributed by atoms with Gasteiger partial charge in [0.2, 0.25) is 0 Å². The second kappa shape index (κ2) is 9.12. The van der Waals surface area contributed by atoms with Crippen LogP contribution >= 0.6 is 35.4 Å². The summed E-state index contributed by atoms with van der Waals surface area (Å²) in [5.74, 6) is -0.427. The summed E-state index contributed by atoms with van der Waals surface area (Å²) in [6.07, 6.45) is 0. The first-order chi connectivity index (χ1) is 15.3. The molecule has 0 aliphatic heterocycles. The molecule has 160 valence electrons. The molecular formula is C24H16Cl2N2O3S. The molecule has 1 aromatic heterocycles. The van der Waals surface area contributed by atoms with Gasteiger partial charge in [0, 0.05) is 16.6 Å². The van der Waals surface area contributed by atoms with E-state index in [9.17, 15) is 9.59 Å². The normalized spacial score (nSPS) is 10.7. The number of rotatable bonds is 3. The minimum atomic E-state index is -0.482. The maximum Gasteiger partial charge on any atom is 0.344 e. The third-order valence-electron chi connectivity index (χ3n) is 4.75. The Morgan fingerprint density at radius 2 is 1.72 bits per heavy atom. The van der Waals surface area contributed by atoms with Crippen molar-refractivity contribution in [3.63, 3.8) is 0 Å². The highest BCUT2D eigenvalue weighted by Gasteiger charge is 2.14. The molecule has 0 unspecified atom stereocenters. The summed E-state index contributed by atoms with van der Waals surface area (Å²) in [6, 6.07) is 19.1. The minimum Gasteiger partial charge on any atom is -0.422 e. The van der Waals surface area contributed by atoms with Crippen LogP contribution in [0.4, 0.5) is 5.69 Å². The molecule has 1 amide bonds. The molecule has 0 saturated heterocycles. The highest BCUT2D eigenvalue weighted by atomic mass is 35.5. The number of amides is 1. The number of hydrogen-bond donors (Lipinski definition) is 2. The molecule has 0 saturated carbocycles. The van der Waals surface area contributed by atoms with Gasteiger partial charge in [-0.05, 0) is 61.1 Å². The average Bonchev–Trinajstić information content (AvgIpc) is 2.73. The zero-order valence-corrected chi connectivity index (χ0v) is 19.1. The van der Waals surface area contributed by atoms with E-state index in [0.29, 0.717) is 38.0 Å². The summed E-state index contributed by atoms with van der Waals surface area (Å²) in [6.45, 7) is 1.88. The van der Waals surface area contributed by atoms with E-state index in [1.807, 2.05) is 19.1 Å². The van der Waals surface area contributed by atoms with Gasteiger partial charge in [-0.1, -0.05) is 53.5 Å². The molecule has 2 N–H and O–H groups in total. The molecule has 5 nitrogen and oxygen atoms in total. The smallest absolute Gasteiger partial charge is 0.344 e. The highest BCUT2D eigenvalue weighted by molar-refractivity contribution is 7.80. The van der Waals surface area contributed by atoms with Crippen LogP contribution in [0.15, 0.2) is 75.9 Å². The van der Waals surface area contributed by atoms with Crippen molar-refractivity contribution in [2.75, 3.05) is 5.32 Å². The number of fused-ring (bicyclic) bond motifs is 1. The van der Waals surface area contributed by atoms with Crippen molar-refractivity contribution < 1.29 is 9.21 Å². The van der Waals surface area contributed by atoms with E-state index >= 15 is 0 Å². The van der Waals surface area contributed by atoms with Gasteiger partial charge in [0.15, 0.2) is 5.11 Å². The van der Waals surface area contributed by atoms with Gasteiger partial charge in [0.1, 0.15) is 5.58 Å². The predicted octanol–water partition coefficient (Wildman–Crippen LogP) is 6.20. The van der Waals surface area contributed by atoms with Crippen molar-refractivity contribution in [1.29, 1.82) is 0 Å². The molecule has 0 aliphatic carbocycles. The van der Waals surface area contributed by atoms with E-state index in [-0.39, 0.29) is 5.11 Å². The fourth-order valence-electron chi connectivity index (χ4n) is 3.20. The number of benzene rings is 3. The van der Waals surface area contributed by atoms with Gasteiger partial charge in [-0.3, -0.25) is 10.1 Å². The van der Waals surface area contributed by atoms with E-state index < -0.39 is 11.5 Å². The number of anilines is 1. The van der Waals surface area contributed by atoms with Crippen LogP contribution < -0.4 is 16.3 Å². The third kappa shape index (κ3) is 4.67. The molecule has 0 spiro atoms. The van der Waals surface area contributed by atoms with Gasteiger partial charge in [-0.25, -0.2) is 4.79 Å². The lowest BCUT2D eigenvalue weighted by Gasteiger charge is -2.12. The minimum absolute atomic E-state index is 0.0840. The van der Waals surface area contributed by atoms with E-state index in [2.05, 4.69) is 10.6 Å². The Morgan fingerprint density at radius 1 is 0.938 bits per heavy atom. The summed E-state index contributed by atoms with van der Waals surface area (Å²) < 4.78 is 5.39. The van der Waals surface area contributed by atoms with Crippen LogP contribution in [0.5, 0.6) is 0 Å². The van der Waals surface area contributed by atoms with E-state index in [4.69, 9.17) is 39.8 Å². The van der Waals surface area contributed by atoms with Gasteiger partial charge < -0.3 is 9.73 Å². The van der Waals surface area contributed by atoms with Crippen molar-refractivity contribution in [3.05, 3.63) is 98.3 Å².